The summed E-state index contributed by atoms with van der Waals surface area (Å²) >= 11 is 0. The first-order valence-corrected chi connectivity index (χ1v) is 23.0. The van der Waals surface area contributed by atoms with E-state index < -0.39 is 20.0 Å². The van der Waals surface area contributed by atoms with Crippen molar-refractivity contribution in [2.75, 3.05) is 84.1 Å². The number of para-hydroxylation sites is 4. The summed E-state index contributed by atoms with van der Waals surface area (Å²) in [5.74, 6) is 1.40. The number of hydrogen-bond donors (Lipinski definition) is 4. The molecule has 6 N–H and O–H groups in total. The number of amides is 2. The first kappa shape index (κ1) is 50.0. The molecule has 6 aromatic rings. The van der Waals surface area contributed by atoms with Crippen LogP contribution in [0.4, 0.5) is 23.3 Å². The smallest absolute Gasteiger partial charge is 0.265 e. The summed E-state index contributed by atoms with van der Waals surface area (Å²) in [6, 6.07) is 28.8. The highest BCUT2D eigenvalue weighted by molar-refractivity contribution is 7.92. The highest BCUT2D eigenvalue weighted by atomic mass is 35.5. The van der Waals surface area contributed by atoms with Crippen molar-refractivity contribution in [2.24, 2.45) is 14.1 Å². The highest BCUT2D eigenvalue weighted by Gasteiger charge is 2.24. The van der Waals surface area contributed by atoms with Gasteiger partial charge in [-0.2, -0.15) is 0 Å². The van der Waals surface area contributed by atoms with Gasteiger partial charge in [-0.3, -0.25) is 29.9 Å². The first-order chi connectivity index (χ1) is 28.6. The molecule has 0 atom stereocenters. The van der Waals surface area contributed by atoms with Crippen molar-refractivity contribution >= 4 is 102 Å². The number of hydrogen-bond acceptors (Lipinski definition) is 12. The van der Waals surface area contributed by atoms with Crippen LogP contribution >= 0.6 is 24.8 Å². The van der Waals surface area contributed by atoms with Crippen LogP contribution in [0.15, 0.2) is 97.1 Å². The predicted octanol–water partition coefficient (Wildman–Crippen LogP) is 2.84. The van der Waals surface area contributed by atoms with Crippen LogP contribution < -0.4 is 30.1 Å². The van der Waals surface area contributed by atoms with E-state index in [4.69, 9.17) is 9.97 Å². The Labute approximate surface area is 378 Å². The number of anilines is 4. The lowest BCUT2D eigenvalue weighted by Crippen LogP contribution is -2.54. The number of carbonyl (C=O) groups is 2. The van der Waals surface area contributed by atoms with Crippen molar-refractivity contribution in [3.63, 3.8) is 0 Å². The predicted molar refractivity (Wildman–Crippen MR) is 252 cm³/mol. The molecule has 19 nitrogen and oxygen atoms in total. The number of nitrogens with zero attached hydrogens (tertiary/aromatic N) is 8. The fourth-order valence-corrected chi connectivity index (χ4v) is 8.22. The molecule has 0 radical (unpaired) electrons. The average molecular weight is 948 g/mol. The largest absolute Gasteiger partial charge is 0.412 e. The lowest BCUT2D eigenvalue weighted by Gasteiger charge is -2.35. The molecule has 23 heteroatoms. The summed E-state index contributed by atoms with van der Waals surface area (Å²) in [4.78, 5) is 38.9. The molecule has 0 spiro atoms. The van der Waals surface area contributed by atoms with Gasteiger partial charge in [-0.1, -0.05) is 24.3 Å². The van der Waals surface area contributed by atoms with Gasteiger partial charge in [0.15, 0.2) is 0 Å². The van der Waals surface area contributed by atoms with Crippen molar-refractivity contribution in [1.82, 2.24) is 40.0 Å². The van der Waals surface area contributed by atoms with Crippen molar-refractivity contribution in [2.45, 2.75) is 0 Å². The fourth-order valence-electron chi connectivity index (χ4n) is 7.09. The monoisotopic (exact) mass is 946 g/mol. The molecule has 63 heavy (non-hydrogen) atoms. The Balaban J connectivity index is 0.000000264. The van der Waals surface area contributed by atoms with Crippen LogP contribution in [0.1, 0.15) is 20.7 Å². The van der Waals surface area contributed by atoms with E-state index in [1.165, 1.54) is 0 Å². The maximum Gasteiger partial charge on any atom is 0.265 e. The Morgan fingerprint density at radius 1 is 0.508 bits per heavy atom. The van der Waals surface area contributed by atoms with Gasteiger partial charge in [0.1, 0.15) is 0 Å². The standard InChI is InChI=1S/2C20H24N6O3S.2ClH.H2O/c2*1-24-18-6-4-3-5-17(18)21-20(24)25-11-13-26(14-12-25)22-19(27)15-7-9-16(10-8-15)23-30(2,28)29;;;/h2*3-10,23H,11-14H2,1-2H3,(H,22,27);2*1H;1H2. The Morgan fingerprint density at radius 2 is 0.825 bits per heavy atom. The first-order valence-electron chi connectivity index (χ1n) is 19.2. The maximum atomic E-state index is 12.5. The van der Waals surface area contributed by atoms with Crippen LogP contribution in [-0.4, -0.2) is 128 Å². The lowest BCUT2D eigenvalue weighted by atomic mass is 10.2. The lowest BCUT2D eigenvalue weighted by molar-refractivity contribution is 0.0769. The number of aryl methyl sites for hydroxylation is 2. The van der Waals surface area contributed by atoms with Gasteiger partial charge >= 0.3 is 0 Å². The van der Waals surface area contributed by atoms with Crippen LogP contribution in [-0.2, 0) is 34.1 Å². The van der Waals surface area contributed by atoms with Gasteiger partial charge in [-0.15, -0.1) is 24.8 Å². The van der Waals surface area contributed by atoms with Gasteiger partial charge in [0.05, 0.1) is 34.6 Å². The van der Waals surface area contributed by atoms with Crippen LogP contribution in [0.25, 0.3) is 22.1 Å². The van der Waals surface area contributed by atoms with Crippen molar-refractivity contribution < 1.29 is 31.9 Å². The van der Waals surface area contributed by atoms with Gasteiger partial charge < -0.3 is 24.4 Å². The minimum absolute atomic E-state index is 0. The number of fused-ring (bicyclic) bond motifs is 2. The Bertz CT molecular complexity index is 2530. The molecule has 0 bridgehead atoms. The van der Waals surface area contributed by atoms with E-state index in [1.54, 1.807) is 48.5 Å². The molecular formula is C40H52Cl2N12O7S2. The third-order valence-electron chi connectivity index (χ3n) is 10.1. The minimum Gasteiger partial charge on any atom is -0.412 e. The highest BCUT2D eigenvalue weighted by Crippen LogP contribution is 2.23. The molecule has 4 heterocycles. The number of benzene rings is 4. The zero-order valence-electron chi connectivity index (χ0n) is 35.1. The summed E-state index contributed by atoms with van der Waals surface area (Å²) in [5.41, 5.74) is 11.7. The van der Waals surface area contributed by atoms with E-state index >= 15 is 0 Å². The van der Waals surface area contributed by atoms with E-state index in [1.807, 2.05) is 60.5 Å². The number of aromatic nitrogens is 4. The summed E-state index contributed by atoms with van der Waals surface area (Å²) in [6.45, 7) is 5.66. The SMILES string of the molecule is Cl.Cl.Cn1c(N2CCN(NC(=O)c3ccc(NS(C)(=O)=O)cc3)CC2)nc2ccccc21.Cn1c(N2CCN(NC(=O)c3ccc(NS(C)(=O)=O)cc3)CC2)nc2ccccc21.O. The molecule has 8 rings (SSSR count). The molecule has 2 aliphatic rings. The van der Waals surface area contributed by atoms with Crippen LogP contribution in [0, 0.1) is 0 Å². The molecule has 0 saturated carbocycles. The maximum absolute atomic E-state index is 12.5. The Kier molecular flexibility index (Phi) is 16.8. The molecule has 2 fully saturated rings. The van der Waals surface area contributed by atoms with E-state index in [0.29, 0.717) is 48.7 Å². The Hall–Kier alpha value is -5.68. The number of hydrazine groups is 2. The molecule has 2 aliphatic heterocycles. The second kappa shape index (κ2) is 21.1. The quantitative estimate of drug-likeness (QED) is 0.155. The normalized spacial score (nSPS) is 14.6. The third-order valence-corrected chi connectivity index (χ3v) is 11.3. The number of halogens is 2. The number of carbonyl (C=O) groups excluding carboxylic acids is 2. The van der Waals surface area contributed by atoms with E-state index in [-0.39, 0.29) is 42.1 Å². The number of imidazole rings is 2. The molecule has 2 amide bonds. The van der Waals surface area contributed by atoms with Gasteiger partial charge in [0.25, 0.3) is 11.8 Å². The van der Waals surface area contributed by atoms with E-state index in [9.17, 15) is 26.4 Å². The molecule has 2 saturated heterocycles. The summed E-state index contributed by atoms with van der Waals surface area (Å²) in [6.07, 6.45) is 2.17. The number of piperazine rings is 2. The number of rotatable bonds is 10. The van der Waals surface area contributed by atoms with Gasteiger partial charge in [0.2, 0.25) is 31.9 Å². The van der Waals surface area contributed by atoms with E-state index in [2.05, 4.69) is 51.4 Å². The molecule has 0 unspecified atom stereocenters. The van der Waals surface area contributed by atoms with E-state index in [0.717, 1.165) is 72.7 Å². The topological polar surface area (TPSA) is 231 Å². The van der Waals surface area contributed by atoms with Crippen molar-refractivity contribution in [3.8, 4) is 0 Å². The van der Waals surface area contributed by atoms with Crippen LogP contribution in [0.5, 0.6) is 0 Å². The zero-order valence-corrected chi connectivity index (χ0v) is 38.3. The molecular weight excluding hydrogens is 896 g/mol. The second-order valence-electron chi connectivity index (χ2n) is 14.7. The van der Waals surface area contributed by atoms with Crippen molar-refractivity contribution in [1.29, 1.82) is 0 Å². The van der Waals surface area contributed by atoms with Gasteiger partial charge in [-0.25, -0.2) is 36.8 Å². The van der Waals surface area contributed by atoms with Crippen LogP contribution in [0.2, 0.25) is 0 Å². The second-order valence-corrected chi connectivity index (χ2v) is 18.1. The number of sulfonamides is 2. The summed E-state index contributed by atoms with van der Waals surface area (Å²) in [7, 11) is -2.66. The average Bonchev–Trinajstić information content (AvgIpc) is 3.74. The van der Waals surface area contributed by atoms with Crippen molar-refractivity contribution in [3.05, 3.63) is 108 Å². The van der Waals surface area contributed by atoms with Gasteiger partial charge in [-0.05, 0) is 72.8 Å². The molecule has 4 aromatic carbocycles. The Morgan fingerprint density at radius 3 is 1.13 bits per heavy atom. The summed E-state index contributed by atoms with van der Waals surface area (Å²) < 4.78 is 54.0. The third kappa shape index (κ3) is 12.7. The molecule has 2 aromatic heterocycles. The van der Waals surface area contributed by atoms with Crippen LogP contribution in [0.3, 0.4) is 0 Å². The number of nitrogens with one attached hydrogen (secondary N) is 4. The molecule has 340 valence electrons. The molecule has 0 aliphatic carbocycles. The fraction of sp³-hybridized carbons (Fsp3) is 0.300. The van der Waals surface area contributed by atoms with Gasteiger partial charge in [0, 0.05) is 89.0 Å². The zero-order chi connectivity index (χ0) is 42.6. The summed E-state index contributed by atoms with van der Waals surface area (Å²) in [5, 5.41) is 3.79. The minimum atomic E-state index is -3.34.